The zero-order valence-corrected chi connectivity index (χ0v) is 20.3. The van der Waals surface area contributed by atoms with Gasteiger partial charge in [-0.3, -0.25) is 19.6 Å². The van der Waals surface area contributed by atoms with Crippen molar-refractivity contribution in [3.05, 3.63) is 42.0 Å². The van der Waals surface area contributed by atoms with Crippen molar-refractivity contribution in [2.24, 2.45) is 5.92 Å². The summed E-state index contributed by atoms with van der Waals surface area (Å²) in [5.74, 6) is 0.854. The third-order valence-corrected chi connectivity index (χ3v) is 7.54. The lowest BCUT2D eigenvalue weighted by molar-refractivity contribution is -0.138. The van der Waals surface area contributed by atoms with Crippen molar-refractivity contribution >= 4 is 29.5 Å². The van der Waals surface area contributed by atoms with Crippen LogP contribution in [0.1, 0.15) is 67.4 Å². The third kappa shape index (κ3) is 6.91. The highest BCUT2D eigenvalue weighted by atomic mass is 32.2. The predicted molar refractivity (Wildman–Crippen MR) is 132 cm³/mol. The Balaban J connectivity index is 1.49. The lowest BCUT2D eigenvalue weighted by atomic mass is 9.95. The van der Waals surface area contributed by atoms with Crippen molar-refractivity contribution < 1.29 is 14.7 Å². The van der Waals surface area contributed by atoms with E-state index in [0.29, 0.717) is 12.1 Å². The first kappa shape index (κ1) is 24.4. The lowest BCUT2D eigenvalue weighted by Gasteiger charge is -2.33. The molecule has 0 spiro atoms. The Bertz CT molecular complexity index is 968. The number of anilines is 1. The van der Waals surface area contributed by atoms with Crippen LogP contribution in [-0.2, 0) is 11.2 Å². The molecule has 2 fully saturated rings. The van der Waals surface area contributed by atoms with Crippen molar-refractivity contribution in [2.75, 3.05) is 23.7 Å². The van der Waals surface area contributed by atoms with Gasteiger partial charge in [0, 0.05) is 56.3 Å². The van der Waals surface area contributed by atoms with Crippen molar-refractivity contribution in [2.45, 2.75) is 68.9 Å². The van der Waals surface area contributed by atoms with Gasteiger partial charge in [0.05, 0.1) is 11.3 Å². The molecule has 182 valence electrons. The molecule has 1 atom stereocenters. The number of nitrogens with zero attached hydrogens (tertiary/aromatic N) is 4. The number of amides is 1. The van der Waals surface area contributed by atoms with Crippen molar-refractivity contribution in [3.63, 3.8) is 0 Å². The van der Waals surface area contributed by atoms with Crippen molar-refractivity contribution in [3.8, 4) is 0 Å². The minimum atomic E-state index is -0.755. The predicted octanol–water partition coefficient (Wildman–Crippen LogP) is 3.96. The fourth-order valence-electron chi connectivity index (χ4n) is 4.80. The molecule has 34 heavy (non-hydrogen) atoms. The van der Waals surface area contributed by atoms with Crippen LogP contribution in [0.25, 0.3) is 0 Å². The molecular weight excluding hydrogens is 450 g/mol. The lowest BCUT2D eigenvalue weighted by Crippen LogP contribution is -2.38. The van der Waals surface area contributed by atoms with Gasteiger partial charge in [0.1, 0.15) is 10.8 Å². The molecule has 0 radical (unpaired) electrons. The van der Waals surface area contributed by atoms with Gasteiger partial charge in [-0.2, -0.15) is 0 Å². The molecule has 2 aliphatic rings. The average Bonchev–Trinajstić information content (AvgIpc) is 2.85. The molecule has 1 unspecified atom stereocenters. The number of nitrogens with one attached hydrogen (secondary N) is 1. The maximum absolute atomic E-state index is 13.2. The normalized spacial score (nSPS) is 19.1. The number of carboxylic acid groups (broad SMARTS) is 1. The van der Waals surface area contributed by atoms with Gasteiger partial charge in [-0.05, 0) is 43.7 Å². The van der Waals surface area contributed by atoms with E-state index in [4.69, 9.17) is 4.98 Å². The number of hydrogen-bond donors (Lipinski definition) is 2. The summed E-state index contributed by atoms with van der Waals surface area (Å²) in [7, 11) is 0. The summed E-state index contributed by atoms with van der Waals surface area (Å²) >= 11 is 1.56. The Labute approximate surface area is 205 Å². The SMILES string of the molecule is O=C(O)CC1CCCN(c2ccc(C(=O)NC3CCCCC3)c(SCCc3cnccn3)n2)C1. The van der Waals surface area contributed by atoms with Gasteiger partial charge in [0.2, 0.25) is 0 Å². The summed E-state index contributed by atoms with van der Waals surface area (Å²) in [6.07, 6.45) is 13.5. The van der Waals surface area contributed by atoms with Gasteiger partial charge in [-0.1, -0.05) is 19.3 Å². The number of pyridine rings is 1. The highest BCUT2D eigenvalue weighted by Gasteiger charge is 2.25. The molecule has 9 heteroatoms. The van der Waals surface area contributed by atoms with Gasteiger partial charge in [0.25, 0.3) is 5.91 Å². The number of hydrogen-bond acceptors (Lipinski definition) is 7. The number of thioether (sulfide) groups is 1. The van der Waals surface area contributed by atoms with E-state index in [1.165, 1.54) is 6.42 Å². The number of carbonyl (C=O) groups excluding carboxylic acids is 1. The fourth-order valence-corrected chi connectivity index (χ4v) is 5.78. The van der Waals surface area contributed by atoms with Crippen LogP contribution < -0.4 is 10.2 Å². The minimum Gasteiger partial charge on any atom is -0.481 e. The number of aryl methyl sites for hydroxylation is 1. The van der Waals surface area contributed by atoms with E-state index in [0.717, 1.165) is 73.8 Å². The van der Waals surface area contributed by atoms with E-state index < -0.39 is 5.97 Å². The van der Waals surface area contributed by atoms with E-state index in [1.54, 1.807) is 30.4 Å². The van der Waals surface area contributed by atoms with Gasteiger partial charge >= 0.3 is 5.97 Å². The topological polar surface area (TPSA) is 108 Å². The highest BCUT2D eigenvalue weighted by Crippen LogP contribution is 2.29. The van der Waals surface area contributed by atoms with Gasteiger partial charge in [0.15, 0.2) is 0 Å². The number of carbonyl (C=O) groups is 2. The van der Waals surface area contributed by atoms with Gasteiger partial charge in [-0.25, -0.2) is 4.98 Å². The summed E-state index contributed by atoms with van der Waals surface area (Å²) in [5, 5.41) is 13.1. The molecule has 8 nitrogen and oxygen atoms in total. The van der Waals surface area contributed by atoms with Crippen LogP contribution in [0.4, 0.5) is 5.82 Å². The van der Waals surface area contributed by atoms with Crippen LogP contribution >= 0.6 is 11.8 Å². The monoisotopic (exact) mass is 483 g/mol. The van der Waals surface area contributed by atoms with Crippen LogP contribution in [0.2, 0.25) is 0 Å². The molecule has 3 heterocycles. The minimum absolute atomic E-state index is 0.0599. The molecule has 0 bridgehead atoms. The summed E-state index contributed by atoms with van der Waals surface area (Å²) in [4.78, 5) is 39.9. The maximum atomic E-state index is 13.2. The van der Waals surface area contributed by atoms with Crippen LogP contribution in [0.5, 0.6) is 0 Å². The Hall–Kier alpha value is -2.68. The first-order valence-corrected chi connectivity index (χ1v) is 13.2. The average molecular weight is 484 g/mol. The van der Waals surface area contributed by atoms with Crippen molar-refractivity contribution in [1.82, 2.24) is 20.3 Å². The van der Waals surface area contributed by atoms with Crippen molar-refractivity contribution in [1.29, 1.82) is 0 Å². The zero-order chi connectivity index (χ0) is 23.8. The van der Waals surface area contributed by atoms with Gasteiger partial charge < -0.3 is 15.3 Å². The summed E-state index contributed by atoms with van der Waals surface area (Å²) in [6.45, 7) is 1.52. The summed E-state index contributed by atoms with van der Waals surface area (Å²) in [6, 6.07) is 4.02. The molecule has 2 N–H and O–H groups in total. The standard InChI is InChI=1S/C25H33N5O3S/c31-23(32)15-18-5-4-13-30(17-18)22-9-8-21(24(33)28-19-6-2-1-3-7-19)25(29-22)34-14-10-20-16-26-11-12-27-20/h8-9,11-12,16,18-19H,1-7,10,13-15,17H2,(H,28,33)(H,31,32). The highest BCUT2D eigenvalue weighted by molar-refractivity contribution is 7.99. The Morgan fingerprint density at radius 3 is 2.74 bits per heavy atom. The summed E-state index contributed by atoms with van der Waals surface area (Å²) < 4.78 is 0. The quantitative estimate of drug-likeness (QED) is 0.516. The smallest absolute Gasteiger partial charge is 0.303 e. The van der Waals surface area contributed by atoms with Crippen LogP contribution in [-0.4, -0.2) is 56.8 Å². The number of rotatable bonds is 9. The Morgan fingerprint density at radius 2 is 1.97 bits per heavy atom. The Kier molecular flexibility index (Phi) is 8.73. The van der Waals surface area contributed by atoms with Crippen LogP contribution in [0, 0.1) is 5.92 Å². The second-order valence-corrected chi connectivity index (χ2v) is 10.3. The Morgan fingerprint density at radius 1 is 1.12 bits per heavy atom. The molecule has 1 saturated carbocycles. The van der Waals surface area contributed by atoms with E-state index in [-0.39, 0.29) is 24.3 Å². The van der Waals surface area contributed by atoms with E-state index in [2.05, 4.69) is 20.2 Å². The third-order valence-electron chi connectivity index (χ3n) is 6.55. The molecule has 1 saturated heterocycles. The second-order valence-electron chi connectivity index (χ2n) is 9.18. The van der Waals surface area contributed by atoms with E-state index >= 15 is 0 Å². The maximum Gasteiger partial charge on any atom is 0.303 e. The molecular formula is C25H33N5O3S. The zero-order valence-electron chi connectivity index (χ0n) is 19.5. The molecule has 1 aliphatic heterocycles. The molecule has 2 aromatic rings. The molecule has 2 aromatic heterocycles. The first-order chi connectivity index (χ1) is 16.6. The van der Waals surface area contributed by atoms with E-state index in [1.807, 2.05) is 12.1 Å². The number of piperidine rings is 1. The van der Waals surface area contributed by atoms with Crippen LogP contribution in [0.15, 0.2) is 35.7 Å². The summed E-state index contributed by atoms with van der Waals surface area (Å²) in [5.41, 5.74) is 1.52. The molecule has 0 aromatic carbocycles. The van der Waals surface area contributed by atoms with Crippen LogP contribution in [0.3, 0.4) is 0 Å². The van der Waals surface area contributed by atoms with Gasteiger partial charge in [-0.15, -0.1) is 11.8 Å². The molecule has 4 rings (SSSR count). The van der Waals surface area contributed by atoms with E-state index in [9.17, 15) is 14.7 Å². The fraction of sp³-hybridized carbons (Fsp3) is 0.560. The first-order valence-electron chi connectivity index (χ1n) is 12.2. The molecule has 1 aliphatic carbocycles. The number of aliphatic carboxylic acids is 1. The number of carboxylic acids is 1. The second kappa shape index (κ2) is 12.1. The molecule has 1 amide bonds. The number of aromatic nitrogens is 3. The largest absolute Gasteiger partial charge is 0.481 e.